The maximum absolute atomic E-state index is 5.45. The summed E-state index contributed by atoms with van der Waals surface area (Å²) in [6.07, 6.45) is 1.10. The first-order valence-corrected chi connectivity index (χ1v) is 8.62. The highest BCUT2D eigenvalue weighted by molar-refractivity contribution is 7.80. The summed E-state index contributed by atoms with van der Waals surface area (Å²) in [5.74, 6) is 0.791. The van der Waals surface area contributed by atoms with Gasteiger partial charge < -0.3 is 15.4 Å². The summed E-state index contributed by atoms with van der Waals surface area (Å²) in [6, 6.07) is 18.8. The molecule has 24 heavy (non-hydrogen) atoms. The van der Waals surface area contributed by atoms with E-state index < -0.39 is 0 Å². The molecule has 0 bridgehead atoms. The number of nitrogens with zero attached hydrogens (tertiary/aromatic N) is 1. The van der Waals surface area contributed by atoms with Crippen LogP contribution in [0.3, 0.4) is 0 Å². The second-order valence-electron chi connectivity index (χ2n) is 6.01. The number of nitrogens with one attached hydrogen (secondary N) is 2. The van der Waals surface area contributed by atoms with Crippen LogP contribution >= 0.6 is 12.2 Å². The van der Waals surface area contributed by atoms with E-state index in [1.54, 1.807) is 7.11 Å². The van der Waals surface area contributed by atoms with Crippen molar-refractivity contribution in [2.45, 2.75) is 19.0 Å². The van der Waals surface area contributed by atoms with Crippen molar-refractivity contribution in [2.24, 2.45) is 0 Å². The lowest BCUT2D eigenvalue weighted by Gasteiger charge is -2.19. The van der Waals surface area contributed by atoms with E-state index in [-0.39, 0.29) is 0 Å². The van der Waals surface area contributed by atoms with Crippen LogP contribution in [-0.4, -0.2) is 36.3 Å². The van der Waals surface area contributed by atoms with Gasteiger partial charge in [0.25, 0.3) is 0 Å². The Labute approximate surface area is 148 Å². The summed E-state index contributed by atoms with van der Waals surface area (Å²) in [4.78, 5) is 2.46. The first-order valence-electron chi connectivity index (χ1n) is 8.21. The van der Waals surface area contributed by atoms with Crippen LogP contribution in [0.15, 0.2) is 54.6 Å². The molecule has 1 atom stereocenters. The summed E-state index contributed by atoms with van der Waals surface area (Å²) >= 11 is 5.45. The summed E-state index contributed by atoms with van der Waals surface area (Å²) in [5, 5.41) is 7.29. The Morgan fingerprint density at radius 1 is 1.17 bits per heavy atom. The van der Waals surface area contributed by atoms with Crippen molar-refractivity contribution in [3.8, 4) is 5.75 Å². The number of benzene rings is 2. The molecule has 1 saturated heterocycles. The van der Waals surface area contributed by atoms with E-state index >= 15 is 0 Å². The molecule has 1 aliphatic rings. The van der Waals surface area contributed by atoms with Gasteiger partial charge in [-0.25, -0.2) is 0 Å². The monoisotopic (exact) mass is 341 g/mol. The molecule has 3 rings (SSSR count). The maximum atomic E-state index is 5.45. The topological polar surface area (TPSA) is 36.5 Å². The lowest BCUT2D eigenvalue weighted by molar-refractivity contribution is 0.324. The number of hydrogen-bond donors (Lipinski definition) is 2. The van der Waals surface area contributed by atoms with E-state index in [0.29, 0.717) is 11.2 Å². The minimum absolute atomic E-state index is 0.378. The van der Waals surface area contributed by atoms with Gasteiger partial charge in [0, 0.05) is 25.7 Å². The van der Waals surface area contributed by atoms with Crippen molar-refractivity contribution < 1.29 is 4.74 Å². The Morgan fingerprint density at radius 2 is 1.92 bits per heavy atom. The van der Waals surface area contributed by atoms with Crippen molar-refractivity contribution in [1.29, 1.82) is 0 Å². The minimum Gasteiger partial charge on any atom is -0.495 e. The van der Waals surface area contributed by atoms with Gasteiger partial charge in [0.15, 0.2) is 5.11 Å². The van der Waals surface area contributed by atoms with Crippen molar-refractivity contribution in [3.05, 3.63) is 60.2 Å². The van der Waals surface area contributed by atoms with Gasteiger partial charge in [-0.1, -0.05) is 42.5 Å². The van der Waals surface area contributed by atoms with Gasteiger partial charge >= 0.3 is 0 Å². The second-order valence-corrected chi connectivity index (χ2v) is 6.41. The summed E-state index contributed by atoms with van der Waals surface area (Å²) < 4.78 is 5.34. The lowest BCUT2D eigenvalue weighted by atomic mass is 10.2. The molecular formula is C19H23N3OS. The fourth-order valence-electron chi connectivity index (χ4n) is 3.03. The van der Waals surface area contributed by atoms with E-state index in [1.807, 2.05) is 24.3 Å². The van der Waals surface area contributed by atoms with Crippen molar-refractivity contribution >= 4 is 23.0 Å². The van der Waals surface area contributed by atoms with Crippen LogP contribution < -0.4 is 15.4 Å². The molecule has 1 heterocycles. The highest BCUT2D eigenvalue weighted by Gasteiger charge is 2.23. The van der Waals surface area contributed by atoms with Gasteiger partial charge in [0.2, 0.25) is 0 Å². The van der Waals surface area contributed by atoms with Gasteiger partial charge in [0.05, 0.1) is 12.8 Å². The van der Waals surface area contributed by atoms with Gasteiger partial charge in [-0.3, -0.25) is 4.90 Å². The lowest BCUT2D eigenvalue weighted by Crippen LogP contribution is -2.39. The van der Waals surface area contributed by atoms with Gasteiger partial charge in [0.1, 0.15) is 5.75 Å². The van der Waals surface area contributed by atoms with Crippen LogP contribution in [0.2, 0.25) is 0 Å². The smallest absolute Gasteiger partial charge is 0.171 e. The zero-order chi connectivity index (χ0) is 16.8. The standard InChI is InChI=1S/C19H23N3OS/c1-23-18-10-6-5-9-17(18)21-19(24)20-16-11-12-22(14-16)13-15-7-3-2-4-8-15/h2-10,16H,11-14H2,1H3,(H2,20,21,24)/t16-/m0/s1. The largest absolute Gasteiger partial charge is 0.495 e. The molecule has 0 unspecified atom stereocenters. The fourth-order valence-corrected chi connectivity index (χ4v) is 3.30. The SMILES string of the molecule is COc1ccccc1NC(=S)N[C@H]1CCN(Cc2ccccc2)C1. The van der Waals surface area contributed by atoms with Crippen LogP contribution in [0, 0.1) is 0 Å². The molecule has 2 aromatic rings. The quantitative estimate of drug-likeness (QED) is 0.817. The molecule has 2 N–H and O–H groups in total. The highest BCUT2D eigenvalue weighted by atomic mass is 32.1. The molecule has 1 aliphatic heterocycles. The van der Waals surface area contributed by atoms with Crippen molar-refractivity contribution in [3.63, 3.8) is 0 Å². The third kappa shape index (κ3) is 4.46. The first-order chi connectivity index (χ1) is 11.7. The minimum atomic E-state index is 0.378. The Kier molecular flexibility index (Phi) is 5.67. The van der Waals surface area contributed by atoms with E-state index in [9.17, 15) is 0 Å². The summed E-state index contributed by atoms with van der Waals surface area (Å²) in [6.45, 7) is 3.08. The molecular weight excluding hydrogens is 318 g/mol. The molecule has 0 aliphatic carbocycles. The molecule has 0 saturated carbocycles. The number of para-hydroxylation sites is 2. The number of anilines is 1. The number of thiocarbonyl (C=S) groups is 1. The predicted molar refractivity (Wildman–Crippen MR) is 102 cm³/mol. The Hall–Kier alpha value is -2.11. The molecule has 0 amide bonds. The molecule has 1 fully saturated rings. The third-order valence-electron chi connectivity index (χ3n) is 4.21. The van der Waals surface area contributed by atoms with Crippen LogP contribution in [0.5, 0.6) is 5.75 Å². The van der Waals surface area contributed by atoms with Crippen molar-refractivity contribution in [1.82, 2.24) is 10.2 Å². The molecule has 0 spiro atoms. The molecule has 2 aromatic carbocycles. The number of ether oxygens (including phenoxy) is 1. The maximum Gasteiger partial charge on any atom is 0.171 e. The van der Waals surface area contributed by atoms with Gasteiger partial charge in [-0.05, 0) is 36.3 Å². The molecule has 5 heteroatoms. The van der Waals surface area contributed by atoms with Crippen LogP contribution in [0.1, 0.15) is 12.0 Å². The Morgan fingerprint density at radius 3 is 2.71 bits per heavy atom. The Balaban J connectivity index is 1.49. The number of methoxy groups -OCH3 is 1. The summed E-state index contributed by atoms with van der Waals surface area (Å²) in [5.41, 5.74) is 2.24. The second kappa shape index (κ2) is 8.13. The number of rotatable bonds is 5. The van der Waals surface area contributed by atoms with E-state index in [4.69, 9.17) is 17.0 Å². The third-order valence-corrected chi connectivity index (χ3v) is 4.43. The first kappa shape index (κ1) is 16.7. The summed E-state index contributed by atoms with van der Waals surface area (Å²) in [7, 11) is 1.66. The zero-order valence-corrected chi connectivity index (χ0v) is 14.7. The molecule has 4 nitrogen and oxygen atoms in total. The van der Waals surface area contributed by atoms with Gasteiger partial charge in [-0.2, -0.15) is 0 Å². The van der Waals surface area contributed by atoms with E-state index in [1.165, 1.54) is 5.56 Å². The number of likely N-dealkylation sites (tertiary alicyclic amines) is 1. The van der Waals surface area contributed by atoms with Gasteiger partial charge in [-0.15, -0.1) is 0 Å². The average Bonchev–Trinajstić information content (AvgIpc) is 3.03. The average molecular weight is 341 g/mol. The van der Waals surface area contributed by atoms with Crippen LogP contribution in [-0.2, 0) is 6.54 Å². The van der Waals surface area contributed by atoms with Crippen LogP contribution in [0.4, 0.5) is 5.69 Å². The molecule has 0 radical (unpaired) electrons. The highest BCUT2D eigenvalue weighted by Crippen LogP contribution is 2.23. The van der Waals surface area contributed by atoms with Crippen molar-refractivity contribution in [2.75, 3.05) is 25.5 Å². The van der Waals surface area contributed by atoms with E-state index in [2.05, 4.69) is 45.9 Å². The number of hydrogen-bond acceptors (Lipinski definition) is 3. The molecule has 0 aromatic heterocycles. The van der Waals surface area contributed by atoms with Crippen LogP contribution in [0.25, 0.3) is 0 Å². The Bertz CT molecular complexity index is 677. The zero-order valence-electron chi connectivity index (χ0n) is 13.9. The predicted octanol–water partition coefficient (Wildman–Crippen LogP) is 3.26. The molecule has 126 valence electrons. The normalized spacial score (nSPS) is 17.5. The fraction of sp³-hybridized carbons (Fsp3) is 0.316. The van der Waals surface area contributed by atoms with E-state index in [0.717, 1.165) is 37.5 Å².